The minimum Gasteiger partial charge on any atom is -0.455 e. The van der Waals surface area contributed by atoms with Gasteiger partial charge in [0.2, 0.25) is 0 Å². The van der Waals surface area contributed by atoms with Crippen LogP contribution in [0.2, 0.25) is 0 Å². The molecule has 296 valence electrons. The maximum atomic E-state index is 6.68. The number of fused-ring (bicyclic) bond motifs is 6. The monoisotopic (exact) mass is 804 g/mol. The average Bonchev–Trinajstić information content (AvgIpc) is 3.92. The topological polar surface area (TPSA) is 21.3 Å². The molecule has 0 N–H and O–H groups in total. The normalized spacial score (nSPS) is 11.5. The van der Waals surface area contributed by atoms with Crippen LogP contribution in [0.1, 0.15) is 0 Å². The Balaban J connectivity index is 0.969. The third-order valence-electron chi connectivity index (χ3n) is 12.4. The van der Waals surface area contributed by atoms with Gasteiger partial charge in [-0.15, -0.1) is 0 Å². The molecule has 3 heteroatoms. The number of anilines is 3. The van der Waals surface area contributed by atoms with E-state index in [-0.39, 0.29) is 0 Å². The Labute approximate surface area is 366 Å². The lowest BCUT2D eigenvalue weighted by Crippen LogP contribution is -2.11. The summed E-state index contributed by atoms with van der Waals surface area (Å²) in [5.41, 5.74) is 17.7. The standard InChI is InChI=1S/C60H40N2O/c1-3-16-43(17-4-1)49-22-7-11-26-55(49)61(46-34-30-41(31-35-46)42-32-36-47(37-33-42)62-56-27-12-8-23-52(56)53-24-9-13-28-57(53)62)48-21-15-20-45(40-48)50-38-39-51(44-18-5-2-6-19-44)60-59(50)54-25-10-14-29-58(54)63-60/h1-40H. The van der Waals surface area contributed by atoms with E-state index in [4.69, 9.17) is 4.42 Å². The SMILES string of the molecule is c1ccc(-c2ccccc2N(c2ccc(-c3ccc(-n4c5ccccc5c5ccccc54)cc3)cc2)c2cccc(-c3ccc(-c4ccccc4)c4oc5ccccc5c34)c2)cc1. The molecular weight excluding hydrogens is 765 g/mol. The number of nitrogens with zero attached hydrogens (tertiary/aromatic N) is 2. The quantitative estimate of drug-likeness (QED) is 0.153. The third kappa shape index (κ3) is 6.29. The molecule has 2 heterocycles. The van der Waals surface area contributed by atoms with Crippen molar-refractivity contribution in [2.24, 2.45) is 0 Å². The molecular formula is C60H40N2O. The van der Waals surface area contributed by atoms with E-state index < -0.39 is 0 Å². The summed E-state index contributed by atoms with van der Waals surface area (Å²) in [6.45, 7) is 0. The van der Waals surface area contributed by atoms with Gasteiger partial charge in [0.15, 0.2) is 0 Å². The molecule has 0 spiro atoms. The lowest BCUT2D eigenvalue weighted by molar-refractivity contribution is 0.670. The van der Waals surface area contributed by atoms with Crippen molar-refractivity contribution in [3.63, 3.8) is 0 Å². The number of hydrogen-bond acceptors (Lipinski definition) is 2. The van der Waals surface area contributed by atoms with Crippen molar-refractivity contribution in [2.45, 2.75) is 0 Å². The lowest BCUT2D eigenvalue weighted by atomic mass is 9.94. The zero-order chi connectivity index (χ0) is 41.7. The van der Waals surface area contributed by atoms with Crippen LogP contribution < -0.4 is 4.90 Å². The summed E-state index contributed by atoms with van der Waals surface area (Å²) in [6, 6.07) is 87.0. The number of para-hydroxylation sites is 4. The Kier molecular flexibility index (Phi) is 8.83. The van der Waals surface area contributed by atoms with Crippen LogP contribution in [0.15, 0.2) is 247 Å². The molecule has 0 amide bonds. The van der Waals surface area contributed by atoms with E-state index in [1.165, 1.54) is 27.4 Å². The van der Waals surface area contributed by atoms with Crippen molar-refractivity contribution in [1.82, 2.24) is 4.57 Å². The zero-order valence-corrected chi connectivity index (χ0v) is 34.4. The Morgan fingerprint density at radius 3 is 1.57 bits per heavy atom. The molecule has 0 fully saturated rings. The predicted octanol–water partition coefficient (Wildman–Crippen LogP) is 16.8. The van der Waals surface area contributed by atoms with Crippen LogP contribution in [0.25, 0.3) is 93.9 Å². The second kappa shape index (κ2) is 15.3. The Morgan fingerprint density at radius 2 is 0.873 bits per heavy atom. The van der Waals surface area contributed by atoms with Gasteiger partial charge < -0.3 is 13.9 Å². The Morgan fingerprint density at radius 1 is 0.333 bits per heavy atom. The van der Waals surface area contributed by atoms with Gasteiger partial charge in [-0.1, -0.05) is 176 Å². The van der Waals surface area contributed by atoms with E-state index in [1.54, 1.807) is 0 Å². The smallest absolute Gasteiger partial charge is 0.143 e. The summed E-state index contributed by atoms with van der Waals surface area (Å²) < 4.78 is 9.04. The van der Waals surface area contributed by atoms with Crippen LogP contribution in [-0.4, -0.2) is 4.57 Å². The molecule has 10 aromatic carbocycles. The molecule has 0 aliphatic rings. The highest BCUT2D eigenvalue weighted by Crippen LogP contribution is 2.45. The first-order valence-corrected chi connectivity index (χ1v) is 21.5. The fourth-order valence-electron chi connectivity index (χ4n) is 9.49. The van der Waals surface area contributed by atoms with Gasteiger partial charge in [0, 0.05) is 49.7 Å². The number of benzene rings is 10. The van der Waals surface area contributed by atoms with Crippen molar-refractivity contribution in [2.75, 3.05) is 4.90 Å². The van der Waals surface area contributed by atoms with Crippen LogP contribution in [-0.2, 0) is 0 Å². The van der Waals surface area contributed by atoms with Gasteiger partial charge >= 0.3 is 0 Å². The molecule has 0 saturated carbocycles. The molecule has 0 aliphatic carbocycles. The maximum absolute atomic E-state index is 6.68. The summed E-state index contributed by atoms with van der Waals surface area (Å²) >= 11 is 0. The van der Waals surface area contributed by atoms with Crippen LogP contribution in [0.3, 0.4) is 0 Å². The summed E-state index contributed by atoms with van der Waals surface area (Å²) in [5, 5.41) is 4.76. The van der Waals surface area contributed by atoms with Crippen LogP contribution in [0.5, 0.6) is 0 Å². The minimum absolute atomic E-state index is 0.883. The summed E-state index contributed by atoms with van der Waals surface area (Å²) in [6.07, 6.45) is 0. The highest BCUT2D eigenvalue weighted by Gasteiger charge is 2.21. The average molecular weight is 805 g/mol. The molecule has 0 atom stereocenters. The Hall–Kier alpha value is -8.40. The first-order chi connectivity index (χ1) is 31.3. The van der Waals surface area contributed by atoms with Gasteiger partial charge in [0.05, 0.1) is 16.7 Å². The first kappa shape index (κ1) is 36.5. The molecule has 12 aromatic rings. The highest BCUT2D eigenvalue weighted by atomic mass is 16.3. The maximum Gasteiger partial charge on any atom is 0.143 e. The van der Waals surface area contributed by atoms with E-state index in [0.717, 1.165) is 83.6 Å². The fraction of sp³-hybridized carbons (Fsp3) is 0. The van der Waals surface area contributed by atoms with Crippen molar-refractivity contribution in [3.8, 4) is 50.2 Å². The number of rotatable bonds is 8. The van der Waals surface area contributed by atoms with Crippen LogP contribution >= 0.6 is 0 Å². The van der Waals surface area contributed by atoms with Crippen LogP contribution in [0.4, 0.5) is 17.1 Å². The van der Waals surface area contributed by atoms with Crippen LogP contribution in [0, 0.1) is 0 Å². The van der Waals surface area contributed by atoms with Gasteiger partial charge in [0.1, 0.15) is 11.2 Å². The molecule has 63 heavy (non-hydrogen) atoms. The molecule has 2 aromatic heterocycles. The molecule has 0 bridgehead atoms. The fourth-order valence-corrected chi connectivity index (χ4v) is 9.49. The predicted molar refractivity (Wildman–Crippen MR) is 264 cm³/mol. The molecule has 0 aliphatic heterocycles. The molecule has 0 unspecified atom stereocenters. The van der Waals surface area contributed by atoms with Gasteiger partial charge in [-0.2, -0.15) is 0 Å². The van der Waals surface area contributed by atoms with Crippen molar-refractivity contribution in [3.05, 3.63) is 243 Å². The summed E-state index contributed by atoms with van der Waals surface area (Å²) in [4.78, 5) is 2.39. The first-order valence-electron chi connectivity index (χ1n) is 21.5. The van der Waals surface area contributed by atoms with Gasteiger partial charge in [-0.25, -0.2) is 0 Å². The largest absolute Gasteiger partial charge is 0.455 e. The lowest BCUT2D eigenvalue weighted by Gasteiger charge is -2.28. The second-order valence-corrected chi connectivity index (χ2v) is 16.1. The van der Waals surface area contributed by atoms with E-state index in [1.807, 2.05) is 6.07 Å². The van der Waals surface area contributed by atoms with Crippen molar-refractivity contribution < 1.29 is 4.42 Å². The molecule has 12 rings (SSSR count). The van der Waals surface area contributed by atoms with Gasteiger partial charge in [-0.3, -0.25) is 0 Å². The van der Waals surface area contributed by atoms with Gasteiger partial charge in [-0.05, 0) is 100 Å². The zero-order valence-electron chi connectivity index (χ0n) is 34.4. The second-order valence-electron chi connectivity index (χ2n) is 16.1. The van der Waals surface area contributed by atoms with Crippen molar-refractivity contribution >= 4 is 60.8 Å². The van der Waals surface area contributed by atoms with E-state index in [0.29, 0.717) is 0 Å². The van der Waals surface area contributed by atoms with E-state index in [2.05, 4.69) is 246 Å². The molecule has 0 saturated heterocycles. The number of aromatic nitrogens is 1. The highest BCUT2D eigenvalue weighted by molar-refractivity contribution is 6.16. The minimum atomic E-state index is 0.883. The molecule has 3 nitrogen and oxygen atoms in total. The summed E-state index contributed by atoms with van der Waals surface area (Å²) in [7, 11) is 0. The number of furan rings is 1. The Bertz CT molecular complexity index is 3550. The van der Waals surface area contributed by atoms with Gasteiger partial charge in [0.25, 0.3) is 0 Å². The number of hydrogen-bond donors (Lipinski definition) is 0. The van der Waals surface area contributed by atoms with E-state index in [9.17, 15) is 0 Å². The third-order valence-corrected chi connectivity index (χ3v) is 12.4. The summed E-state index contributed by atoms with van der Waals surface area (Å²) in [5.74, 6) is 0. The molecule has 0 radical (unpaired) electrons. The van der Waals surface area contributed by atoms with E-state index >= 15 is 0 Å². The van der Waals surface area contributed by atoms with Crippen molar-refractivity contribution in [1.29, 1.82) is 0 Å².